The lowest BCUT2D eigenvalue weighted by Gasteiger charge is -2.42. The van der Waals surface area contributed by atoms with Crippen molar-refractivity contribution in [2.24, 2.45) is 0 Å². The molecule has 3 rings (SSSR count). The Morgan fingerprint density at radius 1 is 1.14 bits per heavy atom. The number of piperidine rings is 1. The number of hydrogen-bond acceptors (Lipinski definition) is 4. The summed E-state index contributed by atoms with van der Waals surface area (Å²) in [5.41, 5.74) is 1.21. The van der Waals surface area contributed by atoms with Gasteiger partial charge in [0.1, 0.15) is 0 Å². The molecule has 1 N–H and O–H groups in total. The third-order valence-electron chi connectivity index (χ3n) is 5.35. The lowest BCUT2D eigenvalue weighted by atomic mass is 9.84. The summed E-state index contributed by atoms with van der Waals surface area (Å²) in [5.74, 6) is 0.0227. The maximum atomic E-state index is 12.7. The van der Waals surface area contributed by atoms with Crippen LogP contribution in [-0.2, 0) is 16.0 Å². The Kier molecular flexibility index (Phi) is 6.76. The Labute approximate surface area is 165 Å². The molecule has 1 aromatic carbocycles. The fraction of sp³-hybridized carbons (Fsp3) is 0.409. The number of ether oxygens (including phenoxy) is 1. The number of methoxy groups -OCH3 is 1. The number of rotatable bonds is 7. The van der Waals surface area contributed by atoms with E-state index in [1.165, 1.54) is 0 Å². The number of nitrogens with one attached hydrogen (secondary N) is 1. The van der Waals surface area contributed by atoms with Crippen molar-refractivity contribution in [1.29, 1.82) is 0 Å². The van der Waals surface area contributed by atoms with Crippen molar-refractivity contribution in [2.75, 3.05) is 26.8 Å². The summed E-state index contributed by atoms with van der Waals surface area (Å²) in [6.07, 6.45) is 5.95. The summed E-state index contributed by atoms with van der Waals surface area (Å²) in [6.45, 7) is 1.81. The van der Waals surface area contributed by atoms with Gasteiger partial charge in [-0.25, -0.2) is 0 Å². The van der Waals surface area contributed by atoms with Crippen LogP contribution in [0.2, 0.25) is 0 Å². The van der Waals surface area contributed by atoms with Crippen LogP contribution in [0.1, 0.15) is 35.2 Å². The molecule has 2 aromatic rings. The number of nitrogens with zero attached hydrogens (tertiary/aromatic N) is 2. The molecular weight excluding hydrogens is 354 g/mol. The molecule has 0 radical (unpaired) electrons. The second-order valence-corrected chi connectivity index (χ2v) is 7.26. The lowest BCUT2D eigenvalue weighted by molar-refractivity contribution is -0.132. The maximum Gasteiger partial charge on any atom is 0.251 e. The maximum absolute atomic E-state index is 12.7. The van der Waals surface area contributed by atoms with Crippen LogP contribution < -0.4 is 5.32 Å². The minimum absolute atomic E-state index is 0.0770. The lowest BCUT2D eigenvalue weighted by Crippen LogP contribution is -2.56. The second-order valence-electron chi connectivity index (χ2n) is 7.26. The van der Waals surface area contributed by atoms with Gasteiger partial charge in [0.2, 0.25) is 5.91 Å². The van der Waals surface area contributed by atoms with E-state index in [-0.39, 0.29) is 17.4 Å². The van der Waals surface area contributed by atoms with Crippen LogP contribution in [0.4, 0.5) is 0 Å². The molecule has 0 atom stereocenters. The van der Waals surface area contributed by atoms with Gasteiger partial charge in [-0.1, -0.05) is 24.3 Å². The molecule has 0 saturated carbocycles. The third kappa shape index (κ3) is 5.16. The molecule has 0 unspecified atom stereocenters. The average Bonchev–Trinajstić information content (AvgIpc) is 2.74. The molecular formula is C22H27N3O3. The fourth-order valence-corrected chi connectivity index (χ4v) is 3.61. The van der Waals surface area contributed by atoms with Crippen LogP contribution in [0.5, 0.6) is 0 Å². The Morgan fingerprint density at radius 3 is 2.54 bits per heavy atom. The first-order valence-corrected chi connectivity index (χ1v) is 9.65. The van der Waals surface area contributed by atoms with E-state index in [0.29, 0.717) is 44.5 Å². The van der Waals surface area contributed by atoms with Crippen LogP contribution >= 0.6 is 0 Å². The summed E-state index contributed by atoms with van der Waals surface area (Å²) in [6, 6.07) is 13.0. The second kappa shape index (κ2) is 9.46. The van der Waals surface area contributed by atoms with Crippen molar-refractivity contribution in [3.05, 3.63) is 66.0 Å². The number of carbonyl (C=O) groups excluding carboxylic acids is 2. The monoisotopic (exact) mass is 381 g/mol. The first-order valence-electron chi connectivity index (χ1n) is 9.65. The van der Waals surface area contributed by atoms with E-state index in [0.717, 1.165) is 12.0 Å². The minimum Gasteiger partial charge on any atom is -0.385 e. The zero-order valence-electron chi connectivity index (χ0n) is 16.3. The average molecular weight is 381 g/mol. The van der Waals surface area contributed by atoms with Gasteiger partial charge in [0, 0.05) is 50.3 Å². The van der Waals surface area contributed by atoms with E-state index in [4.69, 9.17) is 4.74 Å². The molecule has 6 nitrogen and oxygen atoms in total. The van der Waals surface area contributed by atoms with Crippen LogP contribution in [0.15, 0.2) is 54.9 Å². The van der Waals surface area contributed by atoms with Gasteiger partial charge in [0.05, 0.1) is 6.42 Å². The van der Waals surface area contributed by atoms with Crippen molar-refractivity contribution >= 4 is 11.8 Å². The number of pyridine rings is 1. The van der Waals surface area contributed by atoms with Gasteiger partial charge in [-0.15, -0.1) is 0 Å². The molecule has 1 saturated heterocycles. The molecule has 1 aromatic heterocycles. The van der Waals surface area contributed by atoms with E-state index >= 15 is 0 Å². The SMILES string of the molecule is COCCC1(NC(=O)c2ccccc2)CCN(C(=O)Cc2cccnc2)CC1. The highest BCUT2D eigenvalue weighted by Gasteiger charge is 2.37. The number of hydrogen-bond donors (Lipinski definition) is 1. The molecule has 28 heavy (non-hydrogen) atoms. The van der Waals surface area contributed by atoms with Gasteiger partial charge in [-0.3, -0.25) is 14.6 Å². The summed E-state index contributed by atoms with van der Waals surface area (Å²) < 4.78 is 5.27. The zero-order chi connectivity index (χ0) is 19.8. The zero-order valence-corrected chi connectivity index (χ0v) is 16.3. The smallest absolute Gasteiger partial charge is 0.251 e. The van der Waals surface area contributed by atoms with Gasteiger partial charge in [0.25, 0.3) is 5.91 Å². The Morgan fingerprint density at radius 2 is 1.89 bits per heavy atom. The molecule has 0 aliphatic carbocycles. The molecule has 0 spiro atoms. The minimum atomic E-state index is -0.353. The van der Waals surface area contributed by atoms with Gasteiger partial charge in [0.15, 0.2) is 0 Å². The topological polar surface area (TPSA) is 71.5 Å². The fourth-order valence-electron chi connectivity index (χ4n) is 3.61. The van der Waals surface area contributed by atoms with Gasteiger partial charge >= 0.3 is 0 Å². The summed E-state index contributed by atoms with van der Waals surface area (Å²) in [5, 5.41) is 3.23. The van der Waals surface area contributed by atoms with Gasteiger partial charge < -0.3 is 15.0 Å². The van der Waals surface area contributed by atoms with Crippen molar-refractivity contribution in [2.45, 2.75) is 31.2 Å². The molecule has 6 heteroatoms. The molecule has 148 valence electrons. The molecule has 1 fully saturated rings. The highest BCUT2D eigenvalue weighted by Crippen LogP contribution is 2.27. The number of amides is 2. The Bertz CT molecular complexity index is 772. The molecule has 0 bridgehead atoms. The Hall–Kier alpha value is -2.73. The number of likely N-dealkylation sites (tertiary alicyclic amines) is 1. The van der Waals surface area contributed by atoms with Crippen LogP contribution in [0.3, 0.4) is 0 Å². The number of benzene rings is 1. The van der Waals surface area contributed by atoms with Crippen LogP contribution in [0.25, 0.3) is 0 Å². The standard InChI is InChI=1S/C22H27N3O3/c1-28-15-11-22(24-21(27)19-7-3-2-4-8-19)9-13-25(14-10-22)20(26)16-18-6-5-12-23-17-18/h2-8,12,17H,9-11,13-16H2,1H3,(H,24,27). The van der Waals surface area contributed by atoms with E-state index in [2.05, 4.69) is 10.3 Å². The highest BCUT2D eigenvalue weighted by molar-refractivity contribution is 5.94. The normalized spacial score (nSPS) is 15.8. The van der Waals surface area contributed by atoms with Gasteiger partial charge in [-0.05, 0) is 43.0 Å². The largest absolute Gasteiger partial charge is 0.385 e. The van der Waals surface area contributed by atoms with Gasteiger partial charge in [-0.2, -0.15) is 0 Å². The quantitative estimate of drug-likeness (QED) is 0.800. The number of aromatic nitrogens is 1. The van der Waals surface area contributed by atoms with Crippen molar-refractivity contribution in [1.82, 2.24) is 15.2 Å². The summed E-state index contributed by atoms with van der Waals surface area (Å²) in [7, 11) is 1.67. The predicted molar refractivity (Wildman–Crippen MR) is 107 cm³/mol. The van der Waals surface area contributed by atoms with Crippen molar-refractivity contribution in [3.63, 3.8) is 0 Å². The van der Waals surface area contributed by atoms with E-state index in [1.54, 1.807) is 19.5 Å². The summed E-state index contributed by atoms with van der Waals surface area (Å²) >= 11 is 0. The molecule has 1 aliphatic heterocycles. The Balaban J connectivity index is 1.62. The predicted octanol–water partition coefficient (Wildman–Crippen LogP) is 2.45. The summed E-state index contributed by atoms with van der Waals surface area (Å²) in [4.78, 5) is 31.3. The number of carbonyl (C=O) groups is 2. The molecule has 2 amide bonds. The molecule has 1 aliphatic rings. The van der Waals surface area contributed by atoms with E-state index < -0.39 is 0 Å². The van der Waals surface area contributed by atoms with Crippen LogP contribution in [0, 0.1) is 0 Å². The van der Waals surface area contributed by atoms with E-state index in [1.807, 2.05) is 47.4 Å². The highest BCUT2D eigenvalue weighted by atomic mass is 16.5. The van der Waals surface area contributed by atoms with E-state index in [9.17, 15) is 9.59 Å². The van der Waals surface area contributed by atoms with Crippen molar-refractivity contribution in [3.8, 4) is 0 Å². The first kappa shape index (κ1) is 20.0. The molecule has 2 heterocycles. The van der Waals surface area contributed by atoms with Crippen molar-refractivity contribution < 1.29 is 14.3 Å². The van der Waals surface area contributed by atoms with Crippen LogP contribution in [-0.4, -0.2) is 54.0 Å². The first-order chi connectivity index (χ1) is 13.6. The third-order valence-corrected chi connectivity index (χ3v) is 5.35.